The van der Waals surface area contributed by atoms with Crippen molar-refractivity contribution in [2.24, 2.45) is 0 Å². The van der Waals surface area contributed by atoms with Gasteiger partial charge in [-0.1, -0.05) is 29.8 Å². The second-order valence-electron chi connectivity index (χ2n) is 5.44. The molecule has 1 N–H and O–H groups in total. The molecule has 130 valence electrons. The van der Waals surface area contributed by atoms with Gasteiger partial charge >= 0.3 is 0 Å². The molecule has 0 aliphatic heterocycles. The van der Waals surface area contributed by atoms with Crippen molar-refractivity contribution in [3.05, 3.63) is 70.8 Å². The Balaban J connectivity index is 2.06. The first-order valence-electron chi connectivity index (χ1n) is 8.17. The molecule has 2 amide bonds. The zero-order valence-corrected chi connectivity index (χ0v) is 15.1. The van der Waals surface area contributed by atoms with Gasteiger partial charge in [0.1, 0.15) is 0 Å². The number of amides is 2. The van der Waals surface area contributed by atoms with Gasteiger partial charge < -0.3 is 10.2 Å². The van der Waals surface area contributed by atoms with Crippen LogP contribution in [-0.2, 0) is 4.79 Å². The van der Waals surface area contributed by atoms with Crippen molar-refractivity contribution in [3.63, 3.8) is 0 Å². The van der Waals surface area contributed by atoms with Crippen molar-refractivity contribution in [2.75, 3.05) is 18.4 Å². The number of rotatable bonds is 6. The van der Waals surface area contributed by atoms with Crippen LogP contribution in [0.3, 0.4) is 0 Å². The summed E-state index contributed by atoms with van der Waals surface area (Å²) in [5.74, 6) is -0.317. The molecule has 5 heteroatoms. The van der Waals surface area contributed by atoms with E-state index in [4.69, 9.17) is 11.6 Å². The Hall–Kier alpha value is -2.59. The molecule has 0 unspecified atom stereocenters. The predicted molar refractivity (Wildman–Crippen MR) is 103 cm³/mol. The van der Waals surface area contributed by atoms with Gasteiger partial charge in [-0.3, -0.25) is 9.59 Å². The van der Waals surface area contributed by atoms with Crippen LogP contribution in [0.4, 0.5) is 5.69 Å². The van der Waals surface area contributed by atoms with Gasteiger partial charge in [0.2, 0.25) is 5.91 Å². The number of nitrogens with zero attached hydrogens (tertiary/aromatic N) is 1. The molecule has 0 saturated heterocycles. The number of carbonyl (C=O) groups is 2. The first-order valence-corrected chi connectivity index (χ1v) is 8.55. The summed E-state index contributed by atoms with van der Waals surface area (Å²) in [6.45, 7) is 5.17. The summed E-state index contributed by atoms with van der Waals surface area (Å²) in [6, 6.07) is 14.2. The first kappa shape index (κ1) is 18.7. The Bertz CT molecular complexity index is 783. The highest BCUT2D eigenvalue weighted by atomic mass is 35.5. The lowest BCUT2D eigenvalue weighted by Crippen LogP contribution is -2.30. The summed E-state index contributed by atoms with van der Waals surface area (Å²) in [5.41, 5.74) is 1.98. The molecule has 0 fully saturated rings. The lowest BCUT2D eigenvalue weighted by molar-refractivity contribution is -0.111. The predicted octanol–water partition coefficient (Wildman–Crippen LogP) is 4.47. The van der Waals surface area contributed by atoms with E-state index < -0.39 is 0 Å². The monoisotopic (exact) mass is 356 g/mol. The van der Waals surface area contributed by atoms with Gasteiger partial charge in [0.05, 0.1) is 0 Å². The largest absolute Gasteiger partial charge is 0.339 e. The van der Waals surface area contributed by atoms with Crippen LogP contribution >= 0.6 is 11.6 Å². The average molecular weight is 357 g/mol. The zero-order valence-electron chi connectivity index (χ0n) is 14.3. The van der Waals surface area contributed by atoms with Crippen LogP contribution in [0.2, 0.25) is 5.02 Å². The first-order chi connectivity index (χ1) is 12.0. The fourth-order valence-electron chi connectivity index (χ4n) is 2.39. The van der Waals surface area contributed by atoms with E-state index in [2.05, 4.69) is 5.32 Å². The molecule has 4 nitrogen and oxygen atoms in total. The van der Waals surface area contributed by atoms with Gasteiger partial charge in [0.15, 0.2) is 0 Å². The van der Waals surface area contributed by atoms with Crippen LogP contribution in [0.1, 0.15) is 29.8 Å². The number of anilines is 1. The highest BCUT2D eigenvalue weighted by molar-refractivity contribution is 6.30. The molecule has 0 bridgehead atoms. The molecule has 25 heavy (non-hydrogen) atoms. The van der Waals surface area contributed by atoms with E-state index in [1.807, 2.05) is 26.0 Å². The maximum atomic E-state index is 12.4. The van der Waals surface area contributed by atoms with E-state index in [0.717, 1.165) is 5.56 Å². The molecular weight excluding hydrogens is 336 g/mol. The highest BCUT2D eigenvalue weighted by Crippen LogP contribution is 2.14. The van der Waals surface area contributed by atoms with Crippen LogP contribution in [-0.4, -0.2) is 29.8 Å². The smallest absolute Gasteiger partial charge is 0.253 e. The number of nitrogens with one attached hydrogen (secondary N) is 1. The molecule has 2 aromatic carbocycles. The topological polar surface area (TPSA) is 49.4 Å². The van der Waals surface area contributed by atoms with Crippen LogP contribution in [0.5, 0.6) is 0 Å². The molecule has 0 spiro atoms. The maximum Gasteiger partial charge on any atom is 0.253 e. The van der Waals surface area contributed by atoms with E-state index in [0.29, 0.717) is 29.4 Å². The van der Waals surface area contributed by atoms with Crippen molar-refractivity contribution >= 4 is 35.2 Å². The number of halogens is 1. The van der Waals surface area contributed by atoms with Gasteiger partial charge in [-0.2, -0.15) is 0 Å². The van der Waals surface area contributed by atoms with Crippen molar-refractivity contribution in [2.45, 2.75) is 13.8 Å². The van der Waals surface area contributed by atoms with Gasteiger partial charge in [-0.15, -0.1) is 0 Å². The highest BCUT2D eigenvalue weighted by Gasteiger charge is 2.12. The summed E-state index contributed by atoms with van der Waals surface area (Å²) < 4.78 is 0. The number of hydrogen-bond acceptors (Lipinski definition) is 2. The Labute approximate surface area is 153 Å². The third-order valence-corrected chi connectivity index (χ3v) is 3.94. The zero-order chi connectivity index (χ0) is 18.2. The number of hydrogen-bond donors (Lipinski definition) is 1. The normalized spacial score (nSPS) is 10.7. The molecule has 0 aromatic heterocycles. The van der Waals surface area contributed by atoms with Crippen molar-refractivity contribution in [3.8, 4) is 0 Å². The molecule has 2 aromatic rings. The Kier molecular flexibility index (Phi) is 6.78. The third-order valence-electron chi connectivity index (χ3n) is 3.70. The number of benzene rings is 2. The molecule has 0 saturated carbocycles. The van der Waals surface area contributed by atoms with Crippen molar-refractivity contribution in [1.82, 2.24) is 4.90 Å². The Morgan fingerprint density at radius 1 is 1.08 bits per heavy atom. The summed E-state index contributed by atoms with van der Waals surface area (Å²) in [4.78, 5) is 26.2. The minimum atomic E-state index is -0.271. The minimum absolute atomic E-state index is 0.0458. The Morgan fingerprint density at radius 2 is 1.80 bits per heavy atom. The van der Waals surface area contributed by atoms with Gasteiger partial charge in [-0.25, -0.2) is 0 Å². The standard InChI is InChI=1S/C20H21ClN2O2/c1-3-23(4-2)20(25)16-8-6-10-18(14-16)22-19(24)12-11-15-7-5-9-17(21)13-15/h5-14H,3-4H2,1-2H3,(H,22,24)/b12-11+. The second-order valence-corrected chi connectivity index (χ2v) is 5.87. The van der Waals surface area contributed by atoms with E-state index in [-0.39, 0.29) is 11.8 Å². The fourth-order valence-corrected chi connectivity index (χ4v) is 2.59. The molecular formula is C20H21ClN2O2. The van der Waals surface area contributed by atoms with E-state index in [1.54, 1.807) is 47.4 Å². The fraction of sp³-hybridized carbons (Fsp3) is 0.200. The average Bonchev–Trinajstić information content (AvgIpc) is 2.61. The molecule has 0 aliphatic carbocycles. The molecule has 0 heterocycles. The van der Waals surface area contributed by atoms with Gasteiger partial charge in [0.25, 0.3) is 5.91 Å². The summed E-state index contributed by atoms with van der Waals surface area (Å²) >= 11 is 5.92. The molecule has 0 atom stereocenters. The van der Waals surface area contributed by atoms with E-state index in [9.17, 15) is 9.59 Å². The molecule has 2 rings (SSSR count). The van der Waals surface area contributed by atoms with Crippen LogP contribution in [0, 0.1) is 0 Å². The third kappa shape index (κ3) is 5.47. The van der Waals surface area contributed by atoms with Crippen LogP contribution < -0.4 is 5.32 Å². The second kappa shape index (κ2) is 9.04. The van der Waals surface area contributed by atoms with Gasteiger partial charge in [-0.05, 0) is 55.8 Å². The van der Waals surface area contributed by atoms with Gasteiger partial charge in [0, 0.05) is 35.4 Å². The Morgan fingerprint density at radius 3 is 2.48 bits per heavy atom. The molecule has 0 aliphatic rings. The van der Waals surface area contributed by atoms with Crippen molar-refractivity contribution in [1.29, 1.82) is 0 Å². The lowest BCUT2D eigenvalue weighted by Gasteiger charge is -2.18. The van der Waals surface area contributed by atoms with Crippen LogP contribution in [0.25, 0.3) is 6.08 Å². The summed E-state index contributed by atoms with van der Waals surface area (Å²) in [6.07, 6.45) is 3.12. The van der Waals surface area contributed by atoms with Crippen molar-refractivity contribution < 1.29 is 9.59 Å². The SMILES string of the molecule is CCN(CC)C(=O)c1cccc(NC(=O)/C=C/c2cccc(Cl)c2)c1. The van der Waals surface area contributed by atoms with Crippen LogP contribution in [0.15, 0.2) is 54.6 Å². The quantitative estimate of drug-likeness (QED) is 0.776. The summed E-state index contributed by atoms with van der Waals surface area (Å²) in [7, 11) is 0. The van der Waals surface area contributed by atoms with E-state index in [1.165, 1.54) is 6.08 Å². The number of carbonyl (C=O) groups excluding carboxylic acids is 2. The molecule has 0 radical (unpaired) electrons. The summed E-state index contributed by atoms with van der Waals surface area (Å²) in [5, 5.41) is 3.38. The van der Waals surface area contributed by atoms with E-state index >= 15 is 0 Å². The lowest BCUT2D eigenvalue weighted by atomic mass is 10.1. The maximum absolute atomic E-state index is 12.4. The minimum Gasteiger partial charge on any atom is -0.339 e.